The molecule has 2 heteroatoms. The van der Waals surface area contributed by atoms with E-state index in [4.69, 9.17) is 12.8 Å². The van der Waals surface area contributed by atoms with Gasteiger partial charge >= 0.3 is 0 Å². The number of ketones is 1. The van der Waals surface area contributed by atoms with Gasteiger partial charge in [0, 0.05) is 64.6 Å². The second-order valence-corrected chi connectivity index (χ2v) is 10.4. The molecule has 0 saturated heterocycles. The van der Waals surface area contributed by atoms with Crippen molar-refractivity contribution in [2.75, 3.05) is 5.75 Å². The molecule has 4 aliphatic carbocycles. The Labute approximate surface area is 230 Å². The minimum atomic E-state index is -0.796. The lowest BCUT2D eigenvalue weighted by molar-refractivity contribution is -0.141. The van der Waals surface area contributed by atoms with E-state index in [0.717, 1.165) is 19.3 Å². The van der Waals surface area contributed by atoms with Gasteiger partial charge in [-0.25, -0.2) is 0 Å². The van der Waals surface area contributed by atoms with Gasteiger partial charge in [-0.15, -0.1) is 12.8 Å². The first-order valence-electron chi connectivity index (χ1n) is 11.8. The molecule has 4 rings (SSSR count). The van der Waals surface area contributed by atoms with Crippen molar-refractivity contribution < 1.29 is 4.79 Å². The monoisotopic (exact) mass is 499 g/mol. The first kappa shape index (κ1) is 27.3. The Balaban J connectivity index is 1.72. The van der Waals surface area contributed by atoms with Crippen LogP contribution in [0.3, 0.4) is 0 Å². The van der Waals surface area contributed by atoms with Gasteiger partial charge in [-0.05, 0) is 115 Å². The van der Waals surface area contributed by atoms with Gasteiger partial charge in [0.05, 0.1) is 0 Å². The SMILES string of the molecule is C#CC#CC#CC#CC#CC#C[S+](C#CC#CC#CC#CC#CC#C)CC(=O)C12CC3CC(CC(C3)C1)C2. The third-order valence-corrected chi connectivity index (χ3v) is 7.65. The summed E-state index contributed by atoms with van der Waals surface area (Å²) in [4.78, 5) is 13.5. The molecule has 0 unspecified atom stereocenters. The fourth-order valence-corrected chi connectivity index (χ4v) is 6.63. The summed E-state index contributed by atoms with van der Waals surface area (Å²) in [5.41, 5.74) is -0.195. The van der Waals surface area contributed by atoms with Gasteiger partial charge in [-0.1, -0.05) is 0 Å². The lowest BCUT2D eigenvalue weighted by atomic mass is 9.48. The molecule has 4 aliphatic rings. The third kappa shape index (κ3) is 8.75. The Bertz CT molecular complexity index is 1580. The quantitative estimate of drug-likeness (QED) is 0.431. The smallest absolute Gasteiger partial charge is 0.195 e. The van der Waals surface area contributed by atoms with Crippen molar-refractivity contribution in [1.29, 1.82) is 0 Å². The maximum Gasteiger partial charge on any atom is 0.195 e. The number of hydrogen-bond donors (Lipinski definition) is 0. The van der Waals surface area contributed by atoms with Crippen LogP contribution in [0.2, 0.25) is 0 Å². The molecule has 174 valence electrons. The second kappa shape index (κ2) is 15.0. The maximum atomic E-state index is 13.5. The van der Waals surface area contributed by atoms with Crippen LogP contribution < -0.4 is 0 Å². The number of carbonyl (C=O) groups excluding carboxylic acids is 1. The van der Waals surface area contributed by atoms with E-state index in [0.29, 0.717) is 23.5 Å². The summed E-state index contributed by atoms with van der Waals surface area (Å²) in [6.45, 7) is 0. The normalized spacial score (nSPS) is 21.3. The molecule has 4 fully saturated rings. The Hall–Kier alpha value is -5.26. The van der Waals surface area contributed by atoms with Crippen LogP contribution in [0.25, 0.3) is 0 Å². The van der Waals surface area contributed by atoms with E-state index < -0.39 is 10.9 Å². The average Bonchev–Trinajstić information content (AvgIpc) is 2.89. The highest BCUT2D eigenvalue weighted by atomic mass is 32.2. The molecular weight excluding hydrogens is 480 g/mol. The van der Waals surface area contributed by atoms with E-state index in [2.05, 4.69) is 129 Å². The predicted molar refractivity (Wildman–Crippen MR) is 153 cm³/mol. The van der Waals surface area contributed by atoms with Crippen LogP contribution in [-0.2, 0) is 15.7 Å². The van der Waals surface area contributed by atoms with Crippen molar-refractivity contribution in [3.63, 3.8) is 0 Å². The summed E-state index contributed by atoms with van der Waals surface area (Å²) in [5.74, 6) is 53.1. The van der Waals surface area contributed by atoms with E-state index in [1.54, 1.807) is 0 Å². The molecule has 0 heterocycles. The van der Waals surface area contributed by atoms with Crippen LogP contribution in [0.15, 0.2) is 0 Å². The number of Topliss-reactive ketones (excluding diaryl/α,β-unsaturated/α-hetero) is 1. The number of rotatable bonds is 3. The van der Waals surface area contributed by atoms with Crippen LogP contribution in [-0.4, -0.2) is 11.5 Å². The molecule has 0 atom stereocenters. The molecule has 4 bridgehead atoms. The molecule has 4 saturated carbocycles. The van der Waals surface area contributed by atoms with Crippen LogP contribution in [0.5, 0.6) is 0 Å². The first-order valence-corrected chi connectivity index (χ1v) is 13.2. The Morgan fingerprint density at radius 1 is 0.553 bits per heavy atom. The standard InChI is InChI=1S/C36H19OS/c1-3-5-7-9-11-13-15-17-19-21-23-38(24-22-20-18-16-14-12-10-8-6-4-2)31-35(37)36-28-32-25-33(29-36)27-34(26-32)30-36/h1-2,32-34H,25-31H2/q+1. The highest BCUT2D eigenvalue weighted by Crippen LogP contribution is 2.60. The summed E-state index contributed by atoms with van der Waals surface area (Å²) >= 11 is 0. The Kier molecular flexibility index (Phi) is 10.8. The van der Waals surface area contributed by atoms with Gasteiger partial charge in [-0.3, -0.25) is 4.79 Å². The van der Waals surface area contributed by atoms with E-state index in [9.17, 15) is 4.79 Å². The summed E-state index contributed by atoms with van der Waals surface area (Å²) in [7, 11) is -0.796. The Morgan fingerprint density at radius 2 is 0.868 bits per heavy atom. The van der Waals surface area contributed by atoms with Crippen LogP contribution in [0.4, 0.5) is 0 Å². The molecule has 0 spiro atoms. The average molecular weight is 500 g/mol. The lowest BCUT2D eigenvalue weighted by Crippen LogP contribution is -2.51. The minimum absolute atomic E-state index is 0.195. The zero-order chi connectivity index (χ0) is 26.9. The van der Waals surface area contributed by atoms with Crippen molar-refractivity contribution >= 4 is 16.7 Å². The van der Waals surface area contributed by atoms with Crippen LogP contribution in [0.1, 0.15) is 38.5 Å². The molecule has 0 aromatic rings. The minimum Gasteiger partial charge on any atom is -0.294 e. The second-order valence-electron chi connectivity index (χ2n) is 8.90. The van der Waals surface area contributed by atoms with Gasteiger partial charge < -0.3 is 0 Å². The summed E-state index contributed by atoms with van der Waals surface area (Å²) < 4.78 is 0. The summed E-state index contributed by atoms with van der Waals surface area (Å²) in [6.07, 6.45) is 16.9. The molecular formula is C36H19OS+. The van der Waals surface area contributed by atoms with Gasteiger partial charge in [0.25, 0.3) is 0 Å². The van der Waals surface area contributed by atoms with E-state index >= 15 is 0 Å². The summed E-state index contributed by atoms with van der Waals surface area (Å²) in [5, 5.41) is 6.07. The summed E-state index contributed by atoms with van der Waals surface area (Å²) in [6, 6.07) is 0. The molecule has 38 heavy (non-hydrogen) atoms. The third-order valence-electron chi connectivity index (χ3n) is 6.40. The maximum absolute atomic E-state index is 13.5. The van der Waals surface area contributed by atoms with Gasteiger partial charge in [0.2, 0.25) is 0 Å². The van der Waals surface area contributed by atoms with E-state index in [1.165, 1.54) is 19.3 Å². The van der Waals surface area contributed by atoms with E-state index in [-0.39, 0.29) is 11.2 Å². The predicted octanol–water partition coefficient (Wildman–Crippen LogP) is 2.61. The topological polar surface area (TPSA) is 17.1 Å². The van der Waals surface area contributed by atoms with Crippen molar-refractivity contribution in [2.45, 2.75) is 38.5 Å². The molecule has 0 amide bonds. The lowest BCUT2D eigenvalue weighted by Gasteiger charge is -2.55. The fraction of sp³-hybridized carbons (Fsp3) is 0.306. The van der Waals surface area contributed by atoms with Gasteiger partial charge in [0.15, 0.2) is 32.9 Å². The van der Waals surface area contributed by atoms with Gasteiger partial charge in [-0.2, -0.15) is 0 Å². The molecule has 0 aromatic heterocycles. The highest BCUT2D eigenvalue weighted by molar-refractivity contribution is 8.06. The molecule has 0 aliphatic heterocycles. The molecule has 0 N–H and O–H groups in total. The highest BCUT2D eigenvalue weighted by Gasteiger charge is 2.55. The number of carbonyl (C=O) groups is 1. The molecule has 0 radical (unpaired) electrons. The zero-order valence-electron chi connectivity index (χ0n) is 20.7. The van der Waals surface area contributed by atoms with Crippen molar-refractivity contribution in [1.82, 2.24) is 0 Å². The van der Waals surface area contributed by atoms with Gasteiger partial charge in [0.1, 0.15) is 0 Å². The zero-order valence-corrected chi connectivity index (χ0v) is 21.5. The first-order chi connectivity index (χ1) is 18.6. The molecule has 0 aromatic carbocycles. The molecule has 1 nitrogen and oxygen atoms in total. The van der Waals surface area contributed by atoms with Crippen molar-refractivity contribution in [3.05, 3.63) is 0 Å². The largest absolute Gasteiger partial charge is 0.294 e. The van der Waals surface area contributed by atoms with Crippen molar-refractivity contribution in [3.8, 4) is 142 Å². The Morgan fingerprint density at radius 3 is 1.21 bits per heavy atom. The number of hydrogen-bond acceptors (Lipinski definition) is 1. The van der Waals surface area contributed by atoms with Crippen molar-refractivity contribution in [2.24, 2.45) is 23.2 Å². The fourth-order valence-electron chi connectivity index (χ4n) is 5.52. The van der Waals surface area contributed by atoms with E-state index in [1.807, 2.05) is 0 Å². The number of terminal acetylenes is 2. The van der Waals surface area contributed by atoms with Crippen LogP contribution >= 0.6 is 0 Å². The van der Waals surface area contributed by atoms with Crippen LogP contribution in [0, 0.1) is 165 Å².